The molecule has 4 nitrogen and oxygen atoms in total. The number of hydrogen-bond donors (Lipinski definition) is 1. The monoisotopic (exact) mass is 361 g/mol. The number of carbonyl (C=O) groups excluding carboxylic acids is 1. The van der Waals surface area contributed by atoms with Crippen LogP contribution in [-0.2, 0) is 17.8 Å². The van der Waals surface area contributed by atoms with Crippen molar-refractivity contribution in [3.63, 3.8) is 0 Å². The molecule has 138 valence electrons. The van der Waals surface area contributed by atoms with Gasteiger partial charge in [0.2, 0.25) is 0 Å². The van der Waals surface area contributed by atoms with E-state index in [4.69, 9.17) is 9.47 Å². The molecule has 1 N–H and O–H groups in total. The average Bonchev–Trinajstić information content (AvgIpc) is 2.72. The van der Waals surface area contributed by atoms with Gasteiger partial charge in [0, 0.05) is 5.69 Å². The molecule has 0 aromatic heterocycles. The second-order valence-corrected chi connectivity index (χ2v) is 6.09. The molecule has 27 heavy (non-hydrogen) atoms. The molecule has 3 aromatic carbocycles. The normalized spacial score (nSPS) is 10.3. The van der Waals surface area contributed by atoms with Crippen LogP contribution in [0.3, 0.4) is 0 Å². The first-order valence-electron chi connectivity index (χ1n) is 9.02. The number of amides is 1. The fourth-order valence-electron chi connectivity index (χ4n) is 2.66. The van der Waals surface area contributed by atoms with Crippen molar-refractivity contribution in [1.82, 2.24) is 0 Å². The van der Waals surface area contributed by atoms with E-state index in [1.54, 1.807) is 12.1 Å². The highest BCUT2D eigenvalue weighted by atomic mass is 16.5. The molecule has 0 aliphatic rings. The molecule has 3 rings (SSSR count). The first-order valence-corrected chi connectivity index (χ1v) is 9.02. The summed E-state index contributed by atoms with van der Waals surface area (Å²) < 4.78 is 11.3. The van der Waals surface area contributed by atoms with Gasteiger partial charge in [0.1, 0.15) is 18.1 Å². The largest absolute Gasteiger partial charge is 0.489 e. The van der Waals surface area contributed by atoms with E-state index in [-0.39, 0.29) is 12.5 Å². The number of benzene rings is 3. The van der Waals surface area contributed by atoms with Crippen molar-refractivity contribution < 1.29 is 14.3 Å². The minimum Gasteiger partial charge on any atom is -0.489 e. The summed E-state index contributed by atoms with van der Waals surface area (Å²) in [5.74, 6) is 1.20. The molecule has 0 heterocycles. The molecule has 0 aliphatic heterocycles. The number of rotatable bonds is 8. The lowest BCUT2D eigenvalue weighted by atomic mass is 10.1. The summed E-state index contributed by atoms with van der Waals surface area (Å²) in [4.78, 5) is 12.1. The van der Waals surface area contributed by atoms with Gasteiger partial charge in [-0.25, -0.2) is 0 Å². The zero-order chi connectivity index (χ0) is 18.9. The molecule has 0 unspecified atom stereocenters. The fraction of sp³-hybridized carbons (Fsp3) is 0.174. The second kappa shape index (κ2) is 9.43. The number of ether oxygens (including phenoxy) is 2. The van der Waals surface area contributed by atoms with Crippen LogP contribution >= 0.6 is 0 Å². The van der Waals surface area contributed by atoms with E-state index in [1.807, 2.05) is 66.7 Å². The van der Waals surface area contributed by atoms with Gasteiger partial charge in [-0.2, -0.15) is 0 Å². The van der Waals surface area contributed by atoms with Crippen molar-refractivity contribution in [2.75, 3.05) is 11.9 Å². The molecule has 0 saturated carbocycles. The van der Waals surface area contributed by atoms with Crippen molar-refractivity contribution in [1.29, 1.82) is 0 Å². The molecule has 0 spiro atoms. The summed E-state index contributed by atoms with van der Waals surface area (Å²) in [5, 5.41) is 2.89. The van der Waals surface area contributed by atoms with Crippen LogP contribution in [0, 0.1) is 0 Å². The van der Waals surface area contributed by atoms with Crippen LogP contribution in [0.15, 0.2) is 78.9 Å². The molecule has 0 saturated heterocycles. The van der Waals surface area contributed by atoms with Crippen LogP contribution in [0.25, 0.3) is 0 Å². The van der Waals surface area contributed by atoms with Crippen molar-refractivity contribution in [3.8, 4) is 11.5 Å². The molecule has 0 radical (unpaired) electrons. The number of nitrogens with one attached hydrogen (secondary N) is 1. The van der Waals surface area contributed by atoms with Crippen LogP contribution in [0.5, 0.6) is 11.5 Å². The van der Waals surface area contributed by atoms with Gasteiger partial charge in [0.15, 0.2) is 6.61 Å². The predicted octanol–water partition coefficient (Wildman–Crippen LogP) is 4.85. The molecule has 0 atom stereocenters. The van der Waals surface area contributed by atoms with Gasteiger partial charge in [-0.05, 0) is 47.9 Å². The number of aryl methyl sites for hydroxylation is 1. The summed E-state index contributed by atoms with van der Waals surface area (Å²) in [6.45, 7) is 2.53. The first kappa shape index (κ1) is 18.5. The topological polar surface area (TPSA) is 47.6 Å². The number of carbonyl (C=O) groups is 1. The van der Waals surface area contributed by atoms with Crippen molar-refractivity contribution in [2.24, 2.45) is 0 Å². The van der Waals surface area contributed by atoms with Crippen LogP contribution in [0.4, 0.5) is 5.69 Å². The van der Waals surface area contributed by atoms with E-state index in [0.717, 1.165) is 29.0 Å². The molecule has 1 amide bonds. The summed E-state index contributed by atoms with van der Waals surface area (Å²) in [7, 11) is 0. The quantitative estimate of drug-likeness (QED) is 0.624. The standard InChI is InChI=1S/C23H23NO3/c1-2-19-10-6-7-11-22(19)24-23(25)17-27-21-14-12-20(13-15-21)26-16-18-8-4-3-5-9-18/h3-15H,2,16-17H2,1H3,(H,24,25). The van der Waals surface area contributed by atoms with Gasteiger partial charge in [-0.1, -0.05) is 55.5 Å². The minimum absolute atomic E-state index is 0.0394. The molecular weight excluding hydrogens is 338 g/mol. The van der Waals surface area contributed by atoms with Gasteiger partial charge in [-0.15, -0.1) is 0 Å². The highest BCUT2D eigenvalue weighted by Crippen LogP contribution is 2.19. The van der Waals surface area contributed by atoms with Crippen molar-refractivity contribution in [2.45, 2.75) is 20.0 Å². The number of anilines is 1. The zero-order valence-corrected chi connectivity index (χ0v) is 15.4. The fourth-order valence-corrected chi connectivity index (χ4v) is 2.66. The molecule has 0 fully saturated rings. The van der Waals surface area contributed by atoms with E-state index in [0.29, 0.717) is 12.4 Å². The first-order chi connectivity index (χ1) is 13.2. The lowest BCUT2D eigenvalue weighted by Gasteiger charge is -2.11. The highest BCUT2D eigenvalue weighted by Gasteiger charge is 2.07. The van der Waals surface area contributed by atoms with Crippen LogP contribution in [0.1, 0.15) is 18.1 Å². The lowest BCUT2D eigenvalue weighted by molar-refractivity contribution is -0.118. The minimum atomic E-state index is -0.180. The molecule has 3 aromatic rings. The van der Waals surface area contributed by atoms with E-state index in [1.165, 1.54) is 0 Å². The Hall–Kier alpha value is -3.27. The van der Waals surface area contributed by atoms with Crippen molar-refractivity contribution >= 4 is 11.6 Å². The Morgan fingerprint density at radius 3 is 2.15 bits per heavy atom. The Morgan fingerprint density at radius 2 is 1.44 bits per heavy atom. The SMILES string of the molecule is CCc1ccccc1NC(=O)COc1ccc(OCc2ccccc2)cc1. The predicted molar refractivity (Wildman–Crippen MR) is 107 cm³/mol. The summed E-state index contributed by atoms with van der Waals surface area (Å²) in [5.41, 5.74) is 3.05. The van der Waals surface area contributed by atoms with Crippen LogP contribution < -0.4 is 14.8 Å². The van der Waals surface area contributed by atoms with E-state index in [2.05, 4.69) is 12.2 Å². The Bertz CT molecular complexity index is 860. The maximum Gasteiger partial charge on any atom is 0.262 e. The van der Waals surface area contributed by atoms with Crippen molar-refractivity contribution in [3.05, 3.63) is 90.0 Å². The maximum atomic E-state index is 12.1. The van der Waals surface area contributed by atoms with Gasteiger partial charge >= 0.3 is 0 Å². The van der Waals surface area contributed by atoms with E-state index >= 15 is 0 Å². The Kier molecular flexibility index (Phi) is 6.47. The molecule has 0 aliphatic carbocycles. The molecular formula is C23H23NO3. The number of hydrogen-bond acceptors (Lipinski definition) is 3. The Labute approximate surface area is 159 Å². The average molecular weight is 361 g/mol. The smallest absolute Gasteiger partial charge is 0.262 e. The summed E-state index contributed by atoms with van der Waals surface area (Å²) in [6, 6.07) is 25.0. The number of para-hydroxylation sites is 1. The van der Waals surface area contributed by atoms with Crippen LogP contribution in [-0.4, -0.2) is 12.5 Å². The summed E-state index contributed by atoms with van der Waals surface area (Å²) >= 11 is 0. The third-order valence-electron chi connectivity index (χ3n) is 4.11. The van der Waals surface area contributed by atoms with Gasteiger partial charge in [0.25, 0.3) is 5.91 Å². The van der Waals surface area contributed by atoms with E-state index < -0.39 is 0 Å². The zero-order valence-electron chi connectivity index (χ0n) is 15.4. The van der Waals surface area contributed by atoms with Gasteiger partial charge in [-0.3, -0.25) is 4.79 Å². The molecule has 4 heteroatoms. The van der Waals surface area contributed by atoms with E-state index in [9.17, 15) is 4.79 Å². The van der Waals surface area contributed by atoms with Gasteiger partial charge < -0.3 is 14.8 Å². The third kappa shape index (κ3) is 5.61. The van der Waals surface area contributed by atoms with Gasteiger partial charge in [0.05, 0.1) is 0 Å². The molecule has 0 bridgehead atoms. The third-order valence-corrected chi connectivity index (χ3v) is 4.11. The highest BCUT2D eigenvalue weighted by molar-refractivity contribution is 5.92. The Balaban J connectivity index is 1.47. The maximum absolute atomic E-state index is 12.1. The summed E-state index contributed by atoms with van der Waals surface area (Å²) in [6.07, 6.45) is 0.863. The Morgan fingerprint density at radius 1 is 0.815 bits per heavy atom. The lowest BCUT2D eigenvalue weighted by Crippen LogP contribution is -2.20. The van der Waals surface area contributed by atoms with Crippen LogP contribution in [0.2, 0.25) is 0 Å². The second-order valence-electron chi connectivity index (χ2n) is 6.09.